The summed E-state index contributed by atoms with van der Waals surface area (Å²) in [6.07, 6.45) is 6.32. The predicted octanol–water partition coefficient (Wildman–Crippen LogP) is 3.61. The van der Waals surface area contributed by atoms with Gasteiger partial charge in [0.05, 0.1) is 12.2 Å². The summed E-state index contributed by atoms with van der Waals surface area (Å²) in [7, 11) is 2.18. The van der Waals surface area contributed by atoms with Crippen LogP contribution in [0.5, 0.6) is 0 Å². The van der Waals surface area contributed by atoms with E-state index in [1.807, 2.05) is 22.9 Å². The summed E-state index contributed by atoms with van der Waals surface area (Å²) in [4.78, 5) is 4.78. The Morgan fingerprint density at radius 1 is 1.35 bits per heavy atom. The Labute approximate surface area is 155 Å². The molecule has 140 valence electrons. The average Bonchev–Trinajstić information content (AvgIpc) is 2.97. The summed E-state index contributed by atoms with van der Waals surface area (Å²) in [6.45, 7) is 10.2. The first-order chi connectivity index (χ1) is 12.6. The van der Waals surface area contributed by atoms with Crippen LogP contribution in [-0.2, 0) is 19.6 Å². The van der Waals surface area contributed by atoms with Crippen LogP contribution < -0.4 is 0 Å². The second kappa shape index (κ2) is 8.60. The molecule has 0 saturated carbocycles. The Morgan fingerprint density at radius 2 is 2.15 bits per heavy atom. The Bertz CT molecular complexity index is 739. The average molecular weight is 356 g/mol. The zero-order chi connectivity index (χ0) is 18.5. The number of piperidine rings is 1. The van der Waals surface area contributed by atoms with Gasteiger partial charge in [-0.1, -0.05) is 24.3 Å². The maximum atomic E-state index is 13.9. The highest BCUT2D eigenvalue weighted by molar-refractivity contribution is 5.17. The molecule has 0 amide bonds. The molecule has 5 heteroatoms. The summed E-state index contributed by atoms with van der Waals surface area (Å²) in [6, 6.07) is 7.58. The number of hydrogen-bond donors (Lipinski definition) is 0. The minimum absolute atomic E-state index is 0.103. The van der Waals surface area contributed by atoms with Crippen molar-refractivity contribution in [2.75, 3.05) is 20.1 Å². The number of aromatic nitrogens is 2. The number of rotatable bonds is 7. The summed E-state index contributed by atoms with van der Waals surface area (Å²) in [5.41, 5.74) is 3.13. The largest absolute Gasteiger partial charge is 0.298 e. The Morgan fingerprint density at radius 3 is 2.92 bits per heavy atom. The van der Waals surface area contributed by atoms with Crippen LogP contribution in [0.2, 0.25) is 0 Å². The monoisotopic (exact) mass is 356 g/mol. The summed E-state index contributed by atoms with van der Waals surface area (Å²) >= 11 is 0. The Hall–Kier alpha value is -1.98. The minimum Gasteiger partial charge on any atom is -0.298 e. The highest BCUT2D eigenvalue weighted by Crippen LogP contribution is 2.20. The van der Waals surface area contributed by atoms with E-state index < -0.39 is 0 Å². The topological polar surface area (TPSA) is 24.3 Å². The molecule has 0 aliphatic carbocycles. The Balaban J connectivity index is 1.60. The fourth-order valence-corrected chi connectivity index (χ4v) is 3.74. The molecule has 1 fully saturated rings. The van der Waals surface area contributed by atoms with E-state index in [0.717, 1.165) is 43.9 Å². The second-order valence-electron chi connectivity index (χ2n) is 7.29. The van der Waals surface area contributed by atoms with Crippen LogP contribution in [0.15, 0.2) is 43.1 Å². The van der Waals surface area contributed by atoms with Gasteiger partial charge in [0.2, 0.25) is 0 Å². The molecule has 1 aromatic heterocycles. The molecular formula is C21H29FN4. The number of allylic oxidation sites excluding steroid dienone is 1. The number of aryl methyl sites for hydroxylation is 1. The molecule has 3 rings (SSSR count). The van der Waals surface area contributed by atoms with Crippen molar-refractivity contribution < 1.29 is 4.39 Å². The molecule has 0 spiro atoms. The molecule has 1 aliphatic heterocycles. The van der Waals surface area contributed by atoms with E-state index in [-0.39, 0.29) is 5.82 Å². The lowest BCUT2D eigenvalue weighted by Crippen LogP contribution is -2.45. The molecule has 26 heavy (non-hydrogen) atoms. The van der Waals surface area contributed by atoms with Crippen molar-refractivity contribution in [1.29, 1.82) is 0 Å². The third-order valence-electron chi connectivity index (χ3n) is 5.24. The lowest BCUT2D eigenvalue weighted by Gasteiger charge is -2.37. The standard InChI is InChI=1S/C21H29FN4/c1-4-11-26-15-19(17(2)23-26)13-24(3)20-9-7-12-25(16-20)14-18-8-5-6-10-21(18)22/h4-6,8,10,15,20H,1,7,9,11-14,16H2,2-3H3/t20-/m1/s1. The van der Waals surface area contributed by atoms with Gasteiger partial charge in [-0.25, -0.2) is 4.39 Å². The van der Waals surface area contributed by atoms with E-state index >= 15 is 0 Å². The van der Waals surface area contributed by atoms with Crippen LogP contribution in [0.3, 0.4) is 0 Å². The molecule has 1 aliphatic rings. The van der Waals surface area contributed by atoms with E-state index in [4.69, 9.17) is 0 Å². The van der Waals surface area contributed by atoms with Gasteiger partial charge < -0.3 is 0 Å². The van der Waals surface area contributed by atoms with Gasteiger partial charge in [-0.15, -0.1) is 6.58 Å². The molecule has 0 unspecified atom stereocenters. The first-order valence-electron chi connectivity index (χ1n) is 9.36. The van der Waals surface area contributed by atoms with Gasteiger partial charge in [0.15, 0.2) is 0 Å². The number of hydrogen-bond acceptors (Lipinski definition) is 3. The molecule has 1 saturated heterocycles. The molecule has 2 heterocycles. The van der Waals surface area contributed by atoms with Crippen LogP contribution in [0.1, 0.15) is 29.7 Å². The predicted molar refractivity (Wildman–Crippen MR) is 103 cm³/mol. The van der Waals surface area contributed by atoms with Crippen LogP contribution in [0.4, 0.5) is 4.39 Å². The normalized spacial score (nSPS) is 18.4. The van der Waals surface area contributed by atoms with Gasteiger partial charge in [0.25, 0.3) is 0 Å². The molecular weight excluding hydrogens is 327 g/mol. The highest BCUT2D eigenvalue weighted by Gasteiger charge is 2.24. The maximum Gasteiger partial charge on any atom is 0.127 e. The van der Waals surface area contributed by atoms with Crippen LogP contribution in [-0.4, -0.2) is 45.8 Å². The molecule has 1 aromatic carbocycles. The van der Waals surface area contributed by atoms with E-state index in [2.05, 4.69) is 41.6 Å². The van der Waals surface area contributed by atoms with E-state index in [9.17, 15) is 4.39 Å². The van der Waals surface area contributed by atoms with E-state index in [1.54, 1.807) is 12.1 Å². The second-order valence-corrected chi connectivity index (χ2v) is 7.29. The maximum absolute atomic E-state index is 13.9. The van der Waals surface area contributed by atoms with Crippen molar-refractivity contribution in [2.24, 2.45) is 0 Å². The van der Waals surface area contributed by atoms with Crippen molar-refractivity contribution in [3.8, 4) is 0 Å². The molecule has 1 atom stereocenters. The number of likely N-dealkylation sites (tertiary alicyclic amines) is 1. The fourth-order valence-electron chi connectivity index (χ4n) is 3.74. The molecule has 4 nitrogen and oxygen atoms in total. The van der Waals surface area contributed by atoms with Gasteiger partial charge in [-0.2, -0.15) is 5.10 Å². The number of likely N-dealkylation sites (N-methyl/N-ethyl adjacent to an activating group) is 1. The SMILES string of the molecule is C=CCn1cc(CN(C)[C@@H]2CCCN(Cc3ccccc3F)C2)c(C)n1. The molecule has 2 aromatic rings. The van der Waals surface area contributed by atoms with E-state index in [1.165, 1.54) is 12.0 Å². The first-order valence-corrected chi connectivity index (χ1v) is 9.36. The number of halogens is 1. The fraction of sp³-hybridized carbons (Fsp3) is 0.476. The summed E-state index contributed by atoms with van der Waals surface area (Å²) < 4.78 is 15.9. The Kier molecular flexibility index (Phi) is 6.22. The zero-order valence-electron chi connectivity index (χ0n) is 15.9. The van der Waals surface area contributed by atoms with Crippen molar-refractivity contribution in [1.82, 2.24) is 19.6 Å². The minimum atomic E-state index is -0.103. The van der Waals surface area contributed by atoms with Crippen molar-refractivity contribution in [3.63, 3.8) is 0 Å². The lowest BCUT2D eigenvalue weighted by atomic mass is 10.0. The quantitative estimate of drug-likeness (QED) is 0.708. The van der Waals surface area contributed by atoms with Crippen molar-refractivity contribution in [3.05, 3.63) is 65.8 Å². The van der Waals surface area contributed by atoms with Crippen LogP contribution in [0, 0.1) is 12.7 Å². The van der Waals surface area contributed by atoms with Gasteiger partial charge in [-0.05, 0) is 39.4 Å². The van der Waals surface area contributed by atoms with Crippen molar-refractivity contribution >= 4 is 0 Å². The molecule has 0 N–H and O–H groups in total. The van der Waals surface area contributed by atoms with Crippen LogP contribution >= 0.6 is 0 Å². The third-order valence-corrected chi connectivity index (χ3v) is 5.24. The van der Waals surface area contributed by atoms with Gasteiger partial charge in [-0.3, -0.25) is 14.5 Å². The number of benzene rings is 1. The van der Waals surface area contributed by atoms with Gasteiger partial charge >= 0.3 is 0 Å². The molecule has 0 bridgehead atoms. The smallest absolute Gasteiger partial charge is 0.127 e. The van der Waals surface area contributed by atoms with Crippen LogP contribution in [0.25, 0.3) is 0 Å². The lowest BCUT2D eigenvalue weighted by molar-refractivity contribution is 0.106. The molecule has 0 radical (unpaired) electrons. The summed E-state index contributed by atoms with van der Waals surface area (Å²) in [5.74, 6) is -0.103. The zero-order valence-corrected chi connectivity index (χ0v) is 15.9. The summed E-state index contributed by atoms with van der Waals surface area (Å²) in [5, 5.41) is 4.55. The highest BCUT2D eigenvalue weighted by atomic mass is 19.1. The number of nitrogens with zero attached hydrogens (tertiary/aromatic N) is 4. The van der Waals surface area contributed by atoms with Gasteiger partial charge in [0, 0.05) is 43.0 Å². The van der Waals surface area contributed by atoms with Crippen molar-refractivity contribution in [2.45, 2.75) is 45.4 Å². The third kappa shape index (κ3) is 4.59. The van der Waals surface area contributed by atoms with E-state index in [0.29, 0.717) is 12.6 Å². The first kappa shape index (κ1) is 18.8. The van der Waals surface area contributed by atoms with Gasteiger partial charge in [0.1, 0.15) is 5.82 Å².